The Kier molecular flexibility index (Phi) is 7.42. The predicted octanol–water partition coefficient (Wildman–Crippen LogP) is 4.57. The lowest BCUT2D eigenvalue weighted by Crippen LogP contribution is -2.38. The number of benzene rings is 1. The topological polar surface area (TPSA) is 55.8 Å². The first-order valence-electron chi connectivity index (χ1n) is 8.73. The molecule has 0 radical (unpaired) electrons. The monoisotopic (exact) mass is 361 g/mol. The van der Waals surface area contributed by atoms with Crippen LogP contribution in [0.25, 0.3) is 0 Å². The Balaban J connectivity index is 3.14. The summed E-state index contributed by atoms with van der Waals surface area (Å²) >= 11 is 0. The molecule has 0 saturated heterocycles. The molecule has 0 atom stereocenters. The molecule has 0 aliphatic rings. The number of rotatable bonds is 5. The fourth-order valence-corrected chi connectivity index (χ4v) is 2.34. The fraction of sp³-hybridized carbons (Fsp3) is 0.524. The van der Waals surface area contributed by atoms with Crippen molar-refractivity contribution in [2.75, 3.05) is 13.7 Å². The summed E-state index contributed by atoms with van der Waals surface area (Å²) in [6.45, 7) is 11.9. The van der Waals surface area contributed by atoms with Gasteiger partial charge in [0.2, 0.25) is 0 Å². The molecule has 0 aliphatic heterocycles. The quantitative estimate of drug-likeness (QED) is 0.569. The Morgan fingerprint density at radius 2 is 1.62 bits per heavy atom. The highest BCUT2D eigenvalue weighted by molar-refractivity contribution is 5.89. The Labute approximate surface area is 157 Å². The number of methoxy groups -OCH3 is 1. The Morgan fingerprint density at radius 1 is 1.04 bits per heavy atom. The van der Waals surface area contributed by atoms with Crippen molar-refractivity contribution in [3.8, 4) is 0 Å². The molecule has 0 heterocycles. The number of allylic oxidation sites excluding steroid dienone is 1. The summed E-state index contributed by atoms with van der Waals surface area (Å²) in [7, 11) is 1.34. The summed E-state index contributed by atoms with van der Waals surface area (Å²) in [6.07, 6.45) is 1.37. The van der Waals surface area contributed by atoms with E-state index in [1.54, 1.807) is 0 Å². The van der Waals surface area contributed by atoms with Crippen molar-refractivity contribution in [3.63, 3.8) is 0 Å². The van der Waals surface area contributed by atoms with Crippen molar-refractivity contribution in [2.45, 2.75) is 53.7 Å². The zero-order chi connectivity index (χ0) is 20.0. The van der Waals surface area contributed by atoms with Gasteiger partial charge in [-0.2, -0.15) is 0 Å². The smallest absolute Gasteiger partial charge is 0.410 e. The van der Waals surface area contributed by atoms with Crippen LogP contribution in [0.15, 0.2) is 42.0 Å². The molecule has 144 valence electrons. The van der Waals surface area contributed by atoms with Gasteiger partial charge in [0.25, 0.3) is 0 Å². The number of amides is 1. The van der Waals surface area contributed by atoms with Crippen molar-refractivity contribution >= 4 is 12.1 Å². The zero-order valence-electron chi connectivity index (χ0n) is 17.0. The molecule has 0 N–H and O–H groups in total. The third-order valence-electron chi connectivity index (χ3n) is 3.28. The van der Waals surface area contributed by atoms with E-state index in [-0.39, 0.29) is 12.0 Å². The van der Waals surface area contributed by atoms with Gasteiger partial charge in [0.05, 0.1) is 19.2 Å². The van der Waals surface area contributed by atoms with E-state index in [1.165, 1.54) is 12.0 Å². The van der Waals surface area contributed by atoms with Gasteiger partial charge in [0.1, 0.15) is 5.60 Å². The number of nitrogens with zero attached hydrogens (tertiary/aromatic N) is 1. The first-order chi connectivity index (χ1) is 11.9. The van der Waals surface area contributed by atoms with Crippen LogP contribution in [0.4, 0.5) is 4.79 Å². The van der Waals surface area contributed by atoms with E-state index >= 15 is 0 Å². The molecule has 0 spiro atoms. The molecule has 1 aromatic carbocycles. The highest BCUT2D eigenvalue weighted by Gasteiger charge is 2.26. The molecule has 0 saturated carbocycles. The Bertz CT molecular complexity index is 636. The molecule has 5 heteroatoms. The lowest BCUT2D eigenvalue weighted by atomic mass is 9.93. The average molecular weight is 361 g/mol. The van der Waals surface area contributed by atoms with Crippen LogP contribution >= 0.6 is 0 Å². The number of esters is 1. The molecule has 5 nitrogen and oxygen atoms in total. The summed E-state index contributed by atoms with van der Waals surface area (Å²) in [5.74, 6) is -0.443. The third kappa shape index (κ3) is 8.19. The van der Waals surface area contributed by atoms with Gasteiger partial charge in [-0.3, -0.25) is 4.90 Å². The van der Waals surface area contributed by atoms with Gasteiger partial charge < -0.3 is 9.47 Å². The standard InChI is InChI=1S/C21H31NO4/c1-20(2,3)13-17(18(23)25-7)15-22(19(24)26-21(4,5)6)14-16-11-9-8-10-12-16/h8-13H,14-15H2,1-7H3/b17-13-. The summed E-state index contributed by atoms with van der Waals surface area (Å²) in [6, 6.07) is 9.61. The summed E-state index contributed by atoms with van der Waals surface area (Å²) in [5.41, 5.74) is 0.543. The number of hydrogen-bond donors (Lipinski definition) is 0. The van der Waals surface area contributed by atoms with E-state index in [2.05, 4.69) is 0 Å². The molecule has 1 amide bonds. The highest BCUT2D eigenvalue weighted by Crippen LogP contribution is 2.21. The average Bonchev–Trinajstić information content (AvgIpc) is 2.50. The van der Waals surface area contributed by atoms with Gasteiger partial charge in [-0.05, 0) is 31.7 Å². The number of ether oxygens (including phenoxy) is 2. The zero-order valence-corrected chi connectivity index (χ0v) is 17.0. The Morgan fingerprint density at radius 3 is 2.08 bits per heavy atom. The molecule has 0 aromatic heterocycles. The fourth-order valence-electron chi connectivity index (χ4n) is 2.34. The maximum Gasteiger partial charge on any atom is 0.410 e. The largest absolute Gasteiger partial charge is 0.466 e. The normalized spacial score (nSPS) is 12.5. The van der Waals surface area contributed by atoms with E-state index in [0.29, 0.717) is 12.1 Å². The van der Waals surface area contributed by atoms with Crippen LogP contribution in [0.3, 0.4) is 0 Å². The molecule has 0 bridgehead atoms. The van der Waals surface area contributed by atoms with E-state index < -0.39 is 17.7 Å². The van der Waals surface area contributed by atoms with Crippen molar-refractivity contribution in [1.82, 2.24) is 4.90 Å². The lowest BCUT2D eigenvalue weighted by Gasteiger charge is -2.28. The van der Waals surface area contributed by atoms with Crippen molar-refractivity contribution in [2.24, 2.45) is 5.41 Å². The van der Waals surface area contributed by atoms with E-state index in [1.807, 2.05) is 78.0 Å². The second-order valence-corrected chi connectivity index (χ2v) is 8.35. The molecule has 0 unspecified atom stereocenters. The molecule has 0 fully saturated rings. The van der Waals surface area contributed by atoms with Crippen LogP contribution in [0.5, 0.6) is 0 Å². The van der Waals surface area contributed by atoms with Crippen LogP contribution in [0.2, 0.25) is 0 Å². The molecule has 1 aromatic rings. The van der Waals surface area contributed by atoms with Gasteiger partial charge >= 0.3 is 12.1 Å². The number of hydrogen-bond acceptors (Lipinski definition) is 4. The maximum absolute atomic E-state index is 12.7. The first kappa shape index (κ1) is 21.7. The van der Waals surface area contributed by atoms with Gasteiger partial charge in [-0.15, -0.1) is 0 Å². The van der Waals surface area contributed by atoms with Gasteiger partial charge in [0, 0.05) is 6.54 Å². The third-order valence-corrected chi connectivity index (χ3v) is 3.28. The number of carbonyl (C=O) groups excluding carboxylic acids is 2. The van der Waals surface area contributed by atoms with Crippen LogP contribution in [-0.4, -0.2) is 36.2 Å². The van der Waals surface area contributed by atoms with E-state index in [4.69, 9.17) is 9.47 Å². The minimum Gasteiger partial charge on any atom is -0.466 e. The highest BCUT2D eigenvalue weighted by atomic mass is 16.6. The van der Waals surface area contributed by atoms with Crippen molar-refractivity contribution in [1.29, 1.82) is 0 Å². The molecular formula is C21H31NO4. The SMILES string of the molecule is COC(=O)/C(=C\C(C)(C)C)CN(Cc1ccccc1)C(=O)OC(C)(C)C. The summed E-state index contributed by atoms with van der Waals surface area (Å²) < 4.78 is 10.4. The van der Waals surface area contributed by atoms with Crippen LogP contribution < -0.4 is 0 Å². The second-order valence-electron chi connectivity index (χ2n) is 8.35. The Hall–Kier alpha value is -2.30. The minimum absolute atomic E-state index is 0.119. The van der Waals surface area contributed by atoms with Crippen LogP contribution in [0, 0.1) is 5.41 Å². The van der Waals surface area contributed by atoms with Gasteiger partial charge in [-0.25, -0.2) is 9.59 Å². The second kappa shape index (κ2) is 8.88. The van der Waals surface area contributed by atoms with E-state index in [0.717, 1.165) is 5.56 Å². The maximum atomic E-state index is 12.7. The summed E-state index contributed by atoms with van der Waals surface area (Å²) in [4.78, 5) is 26.4. The predicted molar refractivity (Wildman–Crippen MR) is 103 cm³/mol. The lowest BCUT2D eigenvalue weighted by molar-refractivity contribution is -0.136. The van der Waals surface area contributed by atoms with Crippen molar-refractivity contribution in [3.05, 3.63) is 47.5 Å². The van der Waals surface area contributed by atoms with E-state index in [9.17, 15) is 9.59 Å². The summed E-state index contributed by atoms with van der Waals surface area (Å²) in [5, 5.41) is 0. The molecule has 0 aliphatic carbocycles. The molecule has 26 heavy (non-hydrogen) atoms. The molecule has 1 rings (SSSR count). The number of carbonyl (C=O) groups is 2. The van der Waals surface area contributed by atoms with Crippen LogP contribution in [-0.2, 0) is 20.8 Å². The van der Waals surface area contributed by atoms with Gasteiger partial charge in [-0.1, -0.05) is 57.2 Å². The molecular weight excluding hydrogens is 330 g/mol. The van der Waals surface area contributed by atoms with Crippen molar-refractivity contribution < 1.29 is 19.1 Å². The van der Waals surface area contributed by atoms with Gasteiger partial charge in [0.15, 0.2) is 0 Å². The first-order valence-corrected chi connectivity index (χ1v) is 8.73. The minimum atomic E-state index is -0.620. The van der Waals surface area contributed by atoms with Crippen LogP contribution in [0.1, 0.15) is 47.1 Å².